The van der Waals surface area contributed by atoms with Crippen molar-refractivity contribution in [2.75, 3.05) is 40.9 Å². The van der Waals surface area contributed by atoms with Crippen LogP contribution in [0.1, 0.15) is 19.3 Å². The molecule has 2 rings (SSSR count). The van der Waals surface area contributed by atoms with Crippen LogP contribution < -0.4 is 9.47 Å². The molecule has 0 heterocycles. The zero-order chi connectivity index (χ0) is 23.4. The molecular weight excluding hydrogens is 433 g/mol. The minimum absolute atomic E-state index is 0.179. The molecule has 0 aliphatic rings. The van der Waals surface area contributed by atoms with Crippen LogP contribution in [-0.2, 0) is 13.8 Å². The molecule has 0 aliphatic heterocycles. The van der Waals surface area contributed by atoms with Gasteiger partial charge in [-0.15, -0.1) is 0 Å². The molecule has 8 nitrogen and oxygen atoms in total. The number of quaternary nitrogens is 1. The van der Waals surface area contributed by atoms with Gasteiger partial charge in [-0.2, -0.15) is 0 Å². The molecule has 0 saturated carbocycles. The Morgan fingerprint density at radius 3 is 2.16 bits per heavy atom. The number of benzene rings is 2. The fourth-order valence-corrected chi connectivity index (χ4v) is 3.61. The number of hydrogen-bond donors (Lipinski definition) is 2. The lowest BCUT2D eigenvalue weighted by Crippen LogP contribution is -2.42. The van der Waals surface area contributed by atoms with Crippen molar-refractivity contribution in [3.8, 4) is 17.2 Å². The van der Waals surface area contributed by atoms with E-state index in [9.17, 15) is 9.69 Å². The van der Waals surface area contributed by atoms with Gasteiger partial charge in [0.05, 0.1) is 40.8 Å². The Hall–Kier alpha value is -2.22. The maximum absolute atomic E-state index is 11.0. The molecule has 0 saturated heterocycles. The minimum atomic E-state index is -2.12. The van der Waals surface area contributed by atoms with Crippen LogP contribution in [0.15, 0.2) is 54.6 Å². The van der Waals surface area contributed by atoms with Gasteiger partial charge < -0.3 is 33.0 Å². The molecule has 9 heteroatoms. The molecular formula is C23H33NO7P+. The molecule has 2 atom stereocenters. The number of nitrogens with zero attached hydrogens (tertiary/aromatic N) is 1. The summed E-state index contributed by atoms with van der Waals surface area (Å²) in [6.45, 7) is 1.27. The second-order valence-corrected chi connectivity index (χ2v) is 9.26. The molecule has 0 amide bonds. The number of carbonyl (C=O) groups is 1. The zero-order valence-electron chi connectivity index (χ0n) is 18.8. The Bertz CT molecular complexity index is 796. The fourth-order valence-electron chi connectivity index (χ4n) is 2.86. The first-order valence-corrected chi connectivity index (χ1v) is 11.6. The van der Waals surface area contributed by atoms with Gasteiger partial charge in [-0.25, -0.2) is 0 Å². The standard InChI is InChI=1S/C23H32NO7P/c1-24(2,3)18-22(17-23(25)26)31-32(27)29-16-8-7-15-28-19-11-13-21(14-12-19)30-20-9-5-4-6-10-20/h4-6,9-14,22,27H,7-8,15-18H2,1-3H3/p+1/t22?,32-/m0/s1. The van der Waals surface area contributed by atoms with Crippen molar-refractivity contribution in [1.82, 2.24) is 0 Å². The minimum Gasteiger partial charge on any atom is -0.494 e. The second-order valence-electron chi connectivity index (χ2n) is 8.31. The molecule has 0 bridgehead atoms. The number of hydrogen-bond acceptors (Lipinski definition) is 6. The number of para-hydroxylation sites is 1. The Balaban J connectivity index is 1.61. The molecule has 0 spiro atoms. The number of likely N-dealkylation sites (N-methyl/N-ethyl adjacent to an activating group) is 1. The predicted molar refractivity (Wildman–Crippen MR) is 123 cm³/mol. The van der Waals surface area contributed by atoms with Gasteiger partial charge in [0, 0.05) is 0 Å². The van der Waals surface area contributed by atoms with Crippen LogP contribution in [0, 0.1) is 0 Å². The average molecular weight is 466 g/mol. The van der Waals surface area contributed by atoms with Crippen molar-refractivity contribution in [1.29, 1.82) is 0 Å². The van der Waals surface area contributed by atoms with Crippen molar-refractivity contribution in [3.63, 3.8) is 0 Å². The number of carboxylic acid groups (broad SMARTS) is 1. The summed E-state index contributed by atoms with van der Waals surface area (Å²) < 4.78 is 22.7. The van der Waals surface area contributed by atoms with Crippen molar-refractivity contribution < 1.29 is 37.8 Å². The van der Waals surface area contributed by atoms with Crippen molar-refractivity contribution in [3.05, 3.63) is 54.6 Å². The molecule has 2 aromatic carbocycles. The van der Waals surface area contributed by atoms with Gasteiger partial charge in [0.25, 0.3) is 0 Å². The van der Waals surface area contributed by atoms with Crippen LogP contribution in [0.4, 0.5) is 0 Å². The number of ether oxygens (including phenoxy) is 2. The van der Waals surface area contributed by atoms with E-state index in [-0.39, 0.29) is 6.42 Å². The summed E-state index contributed by atoms with van der Waals surface area (Å²) in [4.78, 5) is 21.0. The first kappa shape index (κ1) is 26.0. The van der Waals surface area contributed by atoms with Gasteiger partial charge in [0.15, 0.2) is 0 Å². The number of unbranched alkanes of at least 4 members (excludes halogenated alkanes) is 1. The van der Waals surface area contributed by atoms with Crippen molar-refractivity contribution >= 4 is 14.6 Å². The normalized spacial score (nSPS) is 13.4. The average Bonchev–Trinajstić information content (AvgIpc) is 2.71. The van der Waals surface area contributed by atoms with Gasteiger partial charge >= 0.3 is 14.6 Å². The van der Waals surface area contributed by atoms with Crippen LogP contribution in [0.5, 0.6) is 17.2 Å². The van der Waals surface area contributed by atoms with E-state index in [2.05, 4.69) is 0 Å². The lowest BCUT2D eigenvalue weighted by molar-refractivity contribution is -0.873. The summed E-state index contributed by atoms with van der Waals surface area (Å²) in [5, 5.41) is 9.02. The first-order valence-electron chi connectivity index (χ1n) is 10.5. The maximum Gasteiger partial charge on any atom is 0.330 e. The predicted octanol–water partition coefficient (Wildman–Crippen LogP) is 4.44. The summed E-state index contributed by atoms with van der Waals surface area (Å²) in [6.07, 6.45) is 0.627. The van der Waals surface area contributed by atoms with Gasteiger partial charge in [0.2, 0.25) is 0 Å². The molecule has 2 aromatic rings. The molecule has 32 heavy (non-hydrogen) atoms. The topological polar surface area (TPSA) is 94.5 Å². The van der Waals surface area contributed by atoms with Crippen LogP contribution in [0.3, 0.4) is 0 Å². The number of carboxylic acids is 1. The van der Waals surface area contributed by atoms with Crippen LogP contribution >= 0.6 is 8.60 Å². The highest BCUT2D eigenvalue weighted by Crippen LogP contribution is 2.36. The zero-order valence-corrected chi connectivity index (χ0v) is 19.7. The van der Waals surface area contributed by atoms with E-state index in [0.717, 1.165) is 23.7 Å². The summed E-state index contributed by atoms with van der Waals surface area (Å²) in [5.41, 5.74) is 0. The first-order chi connectivity index (χ1) is 15.2. The summed E-state index contributed by atoms with van der Waals surface area (Å²) in [5.74, 6) is 1.29. The van der Waals surface area contributed by atoms with E-state index in [4.69, 9.17) is 23.6 Å². The Kier molecular flexibility index (Phi) is 10.9. The number of aliphatic carboxylic acids is 1. The van der Waals surface area contributed by atoms with E-state index in [1.165, 1.54) is 0 Å². The summed E-state index contributed by atoms with van der Waals surface area (Å²) in [7, 11) is 3.68. The summed E-state index contributed by atoms with van der Waals surface area (Å²) >= 11 is 0. The molecule has 1 unspecified atom stereocenters. The van der Waals surface area contributed by atoms with E-state index >= 15 is 0 Å². The van der Waals surface area contributed by atoms with Crippen LogP contribution in [0.25, 0.3) is 0 Å². The van der Waals surface area contributed by atoms with Crippen molar-refractivity contribution in [2.24, 2.45) is 0 Å². The SMILES string of the molecule is C[N+](C)(C)CC(CC(=O)O)O[P@@](O)OCCCCOc1ccc(Oc2ccccc2)cc1. The van der Waals surface area contributed by atoms with Gasteiger partial charge in [-0.05, 0) is 49.2 Å². The van der Waals surface area contributed by atoms with Crippen LogP contribution in [-0.4, -0.2) is 67.5 Å². The Labute approximate surface area is 190 Å². The molecule has 0 aromatic heterocycles. The van der Waals surface area contributed by atoms with Gasteiger partial charge in [-0.3, -0.25) is 4.79 Å². The third-order valence-electron chi connectivity index (χ3n) is 4.20. The van der Waals surface area contributed by atoms with E-state index in [1.807, 2.05) is 75.7 Å². The highest BCUT2D eigenvalue weighted by molar-refractivity contribution is 7.40. The molecule has 0 radical (unpaired) electrons. The van der Waals surface area contributed by atoms with E-state index in [1.54, 1.807) is 0 Å². The fraction of sp³-hybridized carbons (Fsp3) is 0.435. The highest BCUT2D eigenvalue weighted by Gasteiger charge is 2.25. The lowest BCUT2D eigenvalue weighted by atomic mass is 10.2. The quantitative estimate of drug-likeness (QED) is 0.228. The highest BCUT2D eigenvalue weighted by atomic mass is 31.2. The largest absolute Gasteiger partial charge is 0.494 e. The monoisotopic (exact) mass is 466 g/mol. The molecule has 0 aliphatic carbocycles. The molecule has 176 valence electrons. The Morgan fingerprint density at radius 2 is 1.53 bits per heavy atom. The third-order valence-corrected chi connectivity index (χ3v) is 5.09. The van der Waals surface area contributed by atoms with E-state index in [0.29, 0.717) is 30.7 Å². The lowest BCUT2D eigenvalue weighted by Gasteiger charge is -2.29. The van der Waals surface area contributed by atoms with Crippen molar-refractivity contribution in [2.45, 2.75) is 25.4 Å². The third kappa shape index (κ3) is 11.4. The maximum atomic E-state index is 11.0. The smallest absolute Gasteiger partial charge is 0.330 e. The molecule has 2 N–H and O–H groups in total. The van der Waals surface area contributed by atoms with Crippen LogP contribution in [0.2, 0.25) is 0 Å². The van der Waals surface area contributed by atoms with Gasteiger partial charge in [-0.1, -0.05) is 18.2 Å². The molecule has 0 fully saturated rings. The number of rotatable bonds is 15. The Morgan fingerprint density at radius 1 is 0.938 bits per heavy atom. The summed E-state index contributed by atoms with van der Waals surface area (Å²) in [6, 6.07) is 17.0. The van der Waals surface area contributed by atoms with Gasteiger partial charge in [0.1, 0.15) is 29.9 Å². The van der Waals surface area contributed by atoms with E-state index < -0.39 is 20.7 Å². The second kappa shape index (κ2) is 13.4.